The molecule has 7 nitrogen and oxygen atoms in total. The molecule has 4 aliphatic rings. The summed E-state index contributed by atoms with van der Waals surface area (Å²) in [6.07, 6.45) is 5.42. The standard InChI is InChI=1S/C22H21N5O2S/c28-21-27(14-22(29-21)13-26-11-7-15(22)8-12-26)20-25-18(16-5-1-3-9-23-16)19(30-20)17-6-2-4-10-24-17/h1-6,9-10,15H,7-8,11-14H2/t22-/m1/s1. The van der Waals surface area contributed by atoms with Gasteiger partial charge in [0.15, 0.2) is 5.13 Å². The molecule has 3 aromatic heterocycles. The van der Waals surface area contributed by atoms with Gasteiger partial charge in [-0.15, -0.1) is 0 Å². The second-order valence-corrected chi connectivity index (χ2v) is 9.15. The van der Waals surface area contributed by atoms with Gasteiger partial charge < -0.3 is 4.74 Å². The number of thiazole rings is 1. The Morgan fingerprint density at radius 1 is 1.00 bits per heavy atom. The highest BCUT2D eigenvalue weighted by Gasteiger charge is 2.56. The molecule has 0 N–H and O–H groups in total. The number of ether oxygens (including phenoxy) is 1. The lowest BCUT2D eigenvalue weighted by Crippen LogP contribution is -2.61. The quantitative estimate of drug-likeness (QED) is 0.645. The van der Waals surface area contributed by atoms with Crippen LogP contribution in [0.25, 0.3) is 22.0 Å². The number of piperidine rings is 3. The van der Waals surface area contributed by atoms with Gasteiger partial charge in [-0.3, -0.25) is 14.9 Å². The lowest BCUT2D eigenvalue weighted by Gasteiger charge is -2.49. The zero-order valence-corrected chi connectivity index (χ0v) is 17.2. The lowest BCUT2D eigenvalue weighted by atomic mass is 9.75. The number of carbonyl (C=O) groups excluding carboxylic acids is 1. The molecule has 30 heavy (non-hydrogen) atoms. The van der Waals surface area contributed by atoms with Crippen molar-refractivity contribution in [1.29, 1.82) is 0 Å². The molecule has 4 saturated heterocycles. The number of fused-ring (bicyclic) bond motifs is 2. The zero-order chi connectivity index (χ0) is 20.1. The van der Waals surface area contributed by atoms with Crippen LogP contribution in [0.5, 0.6) is 0 Å². The van der Waals surface area contributed by atoms with Crippen molar-refractivity contribution in [3.63, 3.8) is 0 Å². The fraction of sp³-hybridized carbons (Fsp3) is 0.364. The largest absolute Gasteiger partial charge is 0.439 e. The summed E-state index contributed by atoms with van der Waals surface area (Å²) in [6.45, 7) is 3.60. The molecule has 2 bridgehead atoms. The Kier molecular flexibility index (Phi) is 4.10. The molecular weight excluding hydrogens is 398 g/mol. The summed E-state index contributed by atoms with van der Waals surface area (Å²) in [5.41, 5.74) is 1.94. The summed E-state index contributed by atoms with van der Waals surface area (Å²) in [7, 11) is 0. The summed E-state index contributed by atoms with van der Waals surface area (Å²) in [4.78, 5) is 31.8. The van der Waals surface area contributed by atoms with Gasteiger partial charge in [0.1, 0.15) is 11.3 Å². The van der Waals surface area contributed by atoms with Gasteiger partial charge >= 0.3 is 6.09 Å². The normalized spacial score (nSPS) is 27.6. The second-order valence-electron chi connectivity index (χ2n) is 8.17. The molecule has 3 aromatic rings. The predicted molar refractivity (Wildman–Crippen MR) is 114 cm³/mol. The molecule has 4 fully saturated rings. The Bertz CT molecular complexity index is 1020. The first kappa shape index (κ1) is 18.0. The average molecular weight is 420 g/mol. The lowest BCUT2D eigenvalue weighted by molar-refractivity contribution is -0.0881. The van der Waals surface area contributed by atoms with E-state index in [4.69, 9.17) is 9.72 Å². The van der Waals surface area contributed by atoms with Crippen LogP contribution in [0.2, 0.25) is 0 Å². The Morgan fingerprint density at radius 3 is 2.37 bits per heavy atom. The molecule has 1 spiro atoms. The van der Waals surface area contributed by atoms with Gasteiger partial charge in [0, 0.05) is 24.9 Å². The number of aromatic nitrogens is 3. The van der Waals surface area contributed by atoms with Crippen LogP contribution in [0, 0.1) is 5.92 Å². The predicted octanol–water partition coefficient (Wildman–Crippen LogP) is 3.69. The third-order valence-electron chi connectivity index (χ3n) is 6.41. The van der Waals surface area contributed by atoms with Crippen LogP contribution in [0.4, 0.5) is 9.93 Å². The van der Waals surface area contributed by atoms with E-state index in [2.05, 4.69) is 14.9 Å². The molecule has 1 atom stereocenters. The summed E-state index contributed by atoms with van der Waals surface area (Å²) >= 11 is 1.47. The SMILES string of the molecule is O=C1O[C@]2(CN3CCC2CC3)CN1c1nc(-c2ccccn2)c(-c2ccccn2)s1. The number of carbonyl (C=O) groups is 1. The molecule has 0 radical (unpaired) electrons. The fourth-order valence-electron chi connectivity index (χ4n) is 4.93. The molecule has 4 aliphatic heterocycles. The average Bonchev–Trinajstić information content (AvgIpc) is 3.37. The molecular formula is C22H21N5O2S. The van der Waals surface area contributed by atoms with Crippen LogP contribution in [0.3, 0.4) is 0 Å². The Morgan fingerprint density at radius 2 is 1.73 bits per heavy atom. The van der Waals surface area contributed by atoms with Crippen molar-refractivity contribution >= 4 is 22.6 Å². The van der Waals surface area contributed by atoms with E-state index in [1.54, 1.807) is 17.3 Å². The summed E-state index contributed by atoms with van der Waals surface area (Å²) in [5, 5.41) is 0.648. The van der Waals surface area contributed by atoms with E-state index >= 15 is 0 Å². The minimum absolute atomic E-state index is 0.294. The van der Waals surface area contributed by atoms with Crippen LogP contribution in [0.15, 0.2) is 48.8 Å². The molecule has 1 amide bonds. The van der Waals surface area contributed by atoms with Gasteiger partial charge in [0.2, 0.25) is 0 Å². The first-order chi connectivity index (χ1) is 14.7. The van der Waals surface area contributed by atoms with Gasteiger partial charge in [-0.25, -0.2) is 14.7 Å². The van der Waals surface area contributed by atoms with Crippen LogP contribution >= 0.6 is 11.3 Å². The number of hydrogen-bond acceptors (Lipinski definition) is 7. The van der Waals surface area contributed by atoms with Crippen molar-refractivity contribution < 1.29 is 9.53 Å². The number of hydrogen-bond donors (Lipinski definition) is 0. The van der Waals surface area contributed by atoms with Crippen molar-refractivity contribution in [3.05, 3.63) is 48.8 Å². The van der Waals surface area contributed by atoms with Crippen LogP contribution in [-0.2, 0) is 4.74 Å². The van der Waals surface area contributed by atoms with Crippen LogP contribution in [0.1, 0.15) is 12.8 Å². The zero-order valence-electron chi connectivity index (χ0n) is 16.4. The minimum Gasteiger partial charge on any atom is -0.439 e. The number of amides is 1. The third-order valence-corrected chi connectivity index (χ3v) is 7.51. The van der Waals surface area contributed by atoms with Gasteiger partial charge in [-0.2, -0.15) is 0 Å². The summed E-state index contributed by atoms with van der Waals surface area (Å²) in [5.74, 6) is 0.432. The van der Waals surface area contributed by atoms with E-state index in [9.17, 15) is 4.79 Å². The van der Waals surface area contributed by atoms with Gasteiger partial charge in [-0.1, -0.05) is 23.5 Å². The van der Waals surface area contributed by atoms with E-state index in [1.807, 2.05) is 36.4 Å². The van der Waals surface area contributed by atoms with Crippen LogP contribution in [-0.4, -0.2) is 57.7 Å². The molecule has 0 aromatic carbocycles. The van der Waals surface area contributed by atoms with Crippen molar-refractivity contribution in [2.24, 2.45) is 5.92 Å². The molecule has 7 rings (SSSR count). The van der Waals surface area contributed by atoms with E-state index < -0.39 is 5.60 Å². The topological polar surface area (TPSA) is 71.5 Å². The number of pyridine rings is 2. The maximum Gasteiger partial charge on any atom is 0.416 e. The summed E-state index contributed by atoms with van der Waals surface area (Å²) < 4.78 is 6.03. The van der Waals surface area contributed by atoms with Gasteiger partial charge in [-0.05, 0) is 50.2 Å². The molecule has 0 unspecified atom stereocenters. The second kappa shape index (κ2) is 6.85. The monoisotopic (exact) mass is 419 g/mol. The van der Waals surface area contributed by atoms with Crippen molar-refractivity contribution in [2.45, 2.75) is 18.4 Å². The van der Waals surface area contributed by atoms with Gasteiger partial charge in [0.05, 0.1) is 22.8 Å². The molecule has 7 heterocycles. The Labute approximate surface area is 178 Å². The maximum atomic E-state index is 12.9. The first-order valence-corrected chi connectivity index (χ1v) is 11.1. The van der Waals surface area contributed by atoms with Crippen molar-refractivity contribution in [1.82, 2.24) is 19.9 Å². The summed E-state index contributed by atoms with van der Waals surface area (Å²) in [6, 6.07) is 11.6. The van der Waals surface area contributed by atoms with Crippen molar-refractivity contribution in [2.75, 3.05) is 31.1 Å². The van der Waals surface area contributed by atoms with E-state index in [0.29, 0.717) is 17.6 Å². The minimum atomic E-state index is -0.407. The fourth-order valence-corrected chi connectivity index (χ4v) is 5.97. The Balaban J connectivity index is 1.40. The highest BCUT2D eigenvalue weighted by Crippen LogP contribution is 2.46. The number of anilines is 1. The molecule has 0 aliphatic carbocycles. The maximum absolute atomic E-state index is 12.9. The van der Waals surface area contributed by atoms with E-state index in [1.165, 1.54) is 11.3 Å². The number of nitrogens with zero attached hydrogens (tertiary/aromatic N) is 5. The third kappa shape index (κ3) is 2.82. The van der Waals surface area contributed by atoms with E-state index in [-0.39, 0.29) is 6.09 Å². The number of rotatable bonds is 3. The van der Waals surface area contributed by atoms with E-state index in [0.717, 1.165) is 54.4 Å². The smallest absolute Gasteiger partial charge is 0.416 e. The highest BCUT2D eigenvalue weighted by atomic mass is 32.1. The first-order valence-electron chi connectivity index (χ1n) is 10.3. The molecule has 8 heteroatoms. The van der Waals surface area contributed by atoms with Crippen LogP contribution < -0.4 is 4.90 Å². The molecule has 0 saturated carbocycles. The Hall–Kier alpha value is -2.84. The molecule has 152 valence electrons. The van der Waals surface area contributed by atoms with Crippen molar-refractivity contribution in [3.8, 4) is 22.0 Å². The van der Waals surface area contributed by atoms with Gasteiger partial charge in [0.25, 0.3) is 0 Å². The highest BCUT2D eigenvalue weighted by molar-refractivity contribution is 7.19.